The first-order chi connectivity index (χ1) is 13.9. The maximum Gasteiger partial charge on any atom is 0.407 e. The van der Waals surface area contributed by atoms with E-state index in [9.17, 15) is 14.4 Å². The minimum atomic E-state index is -0.940. The standard InChI is InChI=1S/C20H20BrClN2O5/c1-28-19(26)17(10-14-9-15(22)7-8-16(14)21)24-18(25)11-23-20(27)29-12-13-5-3-2-4-6-13/h2-9,17H,10-12H2,1H3,(H,23,27)(H,24,25)/t17-/m1/s1. The van der Waals surface area contributed by atoms with Crippen LogP contribution in [0, 0.1) is 0 Å². The van der Waals surface area contributed by atoms with E-state index in [1.54, 1.807) is 18.2 Å². The first-order valence-corrected chi connectivity index (χ1v) is 9.82. The number of esters is 1. The Hall–Kier alpha value is -2.58. The molecule has 2 rings (SSSR count). The summed E-state index contributed by atoms with van der Waals surface area (Å²) in [6.07, 6.45) is -0.575. The number of hydrogen-bond donors (Lipinski definition) is 2. The summed E-state index contributed by atoms with van der Waals surface area (Å²) in [5.74, 6) is -1.17. The molecule has 0 spiro atoms. The van der Waals surface area contributed by atoms with E-state index in [1.165, 1.54) is 7.11 Å². The Balaban J connectivity index is 1.86. The highest BCUT2D eigenvalue weighted by Crippen LogP contribution is 2.22. The van der Waals surface area contributed by atoms with Gasteiger partial charge in [-0.05, 0) is 29.3 Å². The van der Waals surface area contributed by atoms with Crippen LogP contribution in [0.3, 0.4) is 0 Å². The van der Waals surface area contributed by atoms with Crippen molar-refractivity contribution in [3.8, 4) is 0 Å². The lowest BCUT2D eigenvalue weighted by atomic mass is 10.1. The molecule has 2 N–H and O–H groups in total. The van der Waals surface area contributed by atoms with Gasteiger partial charge in [-0.15, -0.1) is 0 Å². The fourth-order valence-electron chi connectivity index (χ4n) is 2.43. The first-order valence-electron chi connectivity index (χ1n) is 8.64. The van der Waals surface area contributed by atoms with Gasteiger partial charge in [-0.2, -0.15) is 0 Å². The van der Waals surface area contributed by atoms with Crippen LogP contribution in [0.15, 0.2) is 53.0 Å². The number of benzene rings is 2. The minimum Gasteiger partial charge on any atom is -0.467 e. The Labute approximate surface area is 181 Å². The maximum atomic E-state index is 12.2. The van der Waals surface area contributed by atoms with Crippen molar-refractivity contribution in [2.75, 3.05) is 13.7 Å². The van der Waals surface area contributed by atoms with Gasteiger partial charge < -0.3 is 20.1 Å². The third-order valence-electron chi connectivity index (χ3n) is 3.86. The third kappa shape index (κ3) is 7.75. The zero-order valence-electron chi connectivity index (χ0n) is 15.6. The summed E-state index contributed by atoms with van der Waals surface area (Å²) in [7, 11) is 1.23. The van der Waals surface area contributed by atoms with Gasteiger partial charge in [-0.3, -0.25) is 4.79 Å². The van der Waals surface area contributed by atoms with E-state index in [0.29, 0.717) is 5.02 Å². The summed E-state index contributed by atoms with van der Waals surface area (Å²) in [5.41, 5.74) is 1.55. The monoisotopic (exact) mass is 482 g/mol. The molecule has 29 heavy (non-hydrogen) atoms. The fourth-order valence-corrected chi connectivity index (χ4v) is 3.03. The molecule has 0 heterocycles. The molecule has 0 fully saturated rings. The van der Waals surface area contributed by atoms with Crippen molar-refractivity contribution in [3.05, 3.63) is 69.2 Å². The number of hydrogen-bond acceptors (Lipinski definition) is 5. The second kappa shape index (κ2) is 11.4. The van der Waals surface area contributed by atoms with E-state index in [0.717, 1.165) is 15.6 Å². The van der Waals surface area contributed by atoms with Crippen molar-refractivity contribution in [1.82, 2.24) is 10.6 Å². The van der Waals surface area contributed by atoms with Crippen molar-refractivity contribution >= 4 is 45.5 Å². The number of nitrogens with one attached hydrogen (secondary N) is 2. The maximum absolute atomic E-state index is 12.2. The van der Waals surface area contributed by atoms with Gasteiger partial charge in [0.15, 0.2) is 0 Å². The average molecular weight is 484 g/mol. The van der Waals surface area contributed by atoms with Gasteiger partial charge in [-0.25, -0.2) is 9.59 Å². The molecule has 154 valence electrons. The van der Waals surface area contributed by atoms with Crippen LogP contribution < -0.4 is 10.6 Å². The summed E-state index contributed by atoms with van der Waals surface area (Å²) in [6, 6.07) is 13.3. The smallest absolute Gasteiger partial charge is 0.407 e. The van der Waals surface area contributed by atoms with Gasteiger partial charge in [0.1, 0.15) is 19.2 Å². The molecule has 0 saturated heterocycles. The zero-order valence-corrected chi connectivity index (χ0v) is 18.0. The summed E-state index contributed by atoms with van der Waals surface area (Å²) >= 11 is 9.38. The molecule has 0 aliphatic carbocycles. The fraction of sp³-hybridized carbons (Fsp3) is 0.250. The number of rotatable bonds is 8. The quantitative estimate of drug-likeness (QED) is 0.562. The Morgan fingerprint density at radius 3 is 2.55 bits per heavy atom. The van der Waals surface area contributed by atoms with Crippen LogP contribution in [0.5, 0.6) is 0 Å². The van der Waals surface area contributed by atoms with Crippen LogP contribution in [-0.4, -0.2) is 37.7 Å². The lowest BCUT2D eigenvalue weighted by Gasteiger charge is -2.17. The molecule has 1 atom stereocenters. The van der Waals surface area contributed by atoms with E-state index in [-0.39, 0.29) is 19.6 Å². The number of carbonyl (C=O) groups is 3. The van der Waals surface area contributed by atoms with Gasteiger partial charge in [-0.1, -0.05) is 57.9 Å². The Morgan fingerprint density at radius 2 is 1.86 bits per heavy atom. The van der Waals surface area contributed by atoms with Crippen LogP contribution in [0.2, 0.25) is 5.02 Å². The van der Waals surface area contributed by atoms with Crippen molar-refractivity contribution in [3.63, 3.8) is 0 Å². The van der Waals surface area contributed by atoms with Crippen LogP contribution >= 0.6 is 27.5 Å². The number of alkyl carbamates (subject to hydrolysis) is 1. The van der Waals surface area contributed by atoms with Gasteiger partial charge in [0, 0.05) is 15.9 Å². The Morgan fingerprint density at radius 1 is 1.14 bits per heavy atom. The number of halogens is 2. The lowest BCUT2D eigenvalue weighted by Crippen LogP contribution is -2.47. The molecule has 0 radical (unpaired) electrons. The molecule has 0 unspecified atom stereocenters. The zero-order chi connectivity index (χ0) is 21.2. The van der Waals surface area contributed by atoms with E-state index in [4.69, 9.17) is 21.1 Å². The van der Waals surface area contributed by atoms with E-state index in [1.807, 2.05) is 30.3 Å². The van der Waals surface area contributed by atoms with E-state index >= 15 is 0 Å². The molecule has 0 bridgehead atoms. The number of ether oxygens (including phenoxy) is 2. The Bertz CT molecular complexity index is 863. The number of carbonyl (C=O) groups excluding carboxylic acids is 3. The summed E-state index contributed by atoms with van der Waals surface area (Å²) in [5, 5.41) is 5.39. The van der Waals surface area contributed by atoms with Gasteiger partial charge in [0.05, 0.1) is 7.11 Å². The highest BCUT2D eigenvalue weighted by molar-refractivity contribution is 9.10. The summed E-state index contributed by atoms with van der Waals surface area (Å²) in [6.45, 7) is -0.264. The average Bonchev–Trinajstić information content (AvgIpc) is 2.73. The predicted molar refractivity (Wildman–Crippen MR) is 111 cm³/mol. The normalized spacial score (nSPS) is 11.3. The molecular formula is C20H20BrClN2O5. The molecule has 9 heteroatoms. The molecule has 2 aromatic rings. The predicted octanol–water partition coefficient (Wildman–Crippen LogP) is 3.23. The molecule has 0 saturated carbocycles. The number of methoxy groups -OCH3 is 1. The molecule has 0 aromatic heterocycles. The van der Waals surface area contributed by atoms with Crippen LogP contribution in [-0.2, 0) is 32.1 Å². The molecule has 2 aromatic carbocycles. The second-order valence-corrected chi connectivity index (χ2v) is 7.29. The number of amides is 2. The lowest BCUT2D eigenvalue weighted by molar-refractivity contribution is -0.144. The van der Waals surface area contributed by atoms with E-state index in [2.05, 4.69) is 26.6 Å². The minimum absolute atomic E-state index is 0.0852. The van der Waals surface area contributed by atoms with Gasteiger partial charge >= 0.3 is 12.1 Å². The summed E-state index contributed by atoms with van der Waals surface area (Å²) in [4.78, 5) is 36.0. The molecular weight excluding hydrogens is 464 g/mol. The third-order valence-corrected chi connectivity index (χ3v) is 4.87. The van der Waals surface area contributed by atoms with Crippen LogP contribution in [0.4, 0.5) is 4.79 Å². The van der Waals surface area contributed by atoms with Crippen LogP contribution in [0.1, 0.15) is 11.1 Å². The van der Waals surface area contributed by atoms with Gasteiger partial charge in [0.2, 0.25) is 5.91 Å². The largest absolute Gasteiger partial charge is 0.467 e. The topological polar surface area (TPSA) is 93.7 Å². The van der Waals surface area contributed by atoms with Crippen molar-refractivity contribution < 1.29 is 23.9 Å². The molecule has 0 aliphatic heterocycles. The van der Waals surface area contributed by atoms with Gasteiger partial charge in [0.25, 0.3) is 0 Å². The summed E-state index contributed by atoms with van der Waals surface area (Å²) < 4.78 is 10.5. The Kier molecular flexibility index (Phi) is 8.95. The second-order valence-electron chi connectivity index (χ2n) is 6.00. The highest BCUT2D eigenvalue weighted by Gasteiger charge is 2.23. The van der Waals surface area contributed by atoms with Crippen molar-refractivity contribution in [1.29, 1.82) is 0 Å². The SMILES string of the molecule is COC(=O)[C@@H](Cc1cc(Cl)ccc1Br)NC(=O)CNC(=O)OCc1ccccc1. The highest BCUT2D eigenvalue weighted by atomic mass is 79.9. The van der Waals surface area contributed by atoms with Crippen molar-refractivity contribution in [2.45, 2.75) is 19.1 Å². The molecule has 0 aliphatic rings. The molecule has 2 amide bonds. The molecule has 7 nitrogen and oxygen atoms in total. The van der Waals surface area contributed by atoms with Crippen molar-refractivity contribution in [2.24, 2.45) is 0 Å². The van der Waals surface area contributed by atoms with E-state index < -0.39 is 24.0 Å². The van der Waals surface area contributed by atoms with Crippen LogP contribution in [0.25, 0.3) is 0 Å². The first kappa shape index (κ1) is 22.7.